The molecule has 0 saturated heterocycles. The molecule has 2 aromatic carbocycles. The van der Waals surface area contributed by atoms with E-state index in [0.29, 0.717) is 23.0 Å². The van der Waals surface area contributed by atoms with E-state index in [4.69, 9.17) is 32.7 Å². The summed E-state index contributed by atoms with van der Waals surface area (Å²) in [5, 5.41) is 17.2. The Morgan fingerprint density at radius 1 is 1.21 bits per heavy atom. The number of benzene rings is 2. The highest BCUT2D eigenvalue weighted by molar-refractivity contribution is 8.00. The molecule has 170 valence electrons. The summed E-state index contributed by atoms with van der Waals surface area (Å²) in [7, 11) is 0. The molecule has 1 amide bonds. The number of nitrogen functional groups attached to an aromatic ring is 1. The minimum absolute atomic E-state index is 0.0514. The third-order valence-electron chi connectivity index (χ3n) is 5.57. The zero-order chi connectivity index (χ0) is 23.4. The summed E-state index contributed by atoms with van der Waals surface area (Å²) in [4.78, 5) is 15.6. The van der Waals surface area contributed by atoms with Crippen LogP contribution >= 0.6 is 23.4 Å². The summed E-state index contributed by atoms with van der Waals surface area (Å²) < 4.78 is 5.27. The second-order valence-corrected chi connectivity index (χ2v) is 9.42. The van der Waals surface area contributed by atoms with E-state index in [0.717, 1.165) is 23.3 Å². The average Bonchev–Trinajstić information content (AvgIpc) is 3.21. The van der Waals surface area contributed by atoms with Crippen molar-refractivity contribution in [1.29, 1.82) is 5.26 Å². The van der Waals surface area contributed by atoms with Crippen LogP contribution < -0.4 is 11.5 Å². The van der Waals surface area contributed by atoms with Crippen LogP contribution in [0.15, 0.2) is 51.8 Å². The summed E-state index contributed by atoms with van der Waals surface area (Å²) in [6.07, 6.45) is 1.94. The topological polar surface area (TPSA) is 135 Å². The molecule has 33 heavy (non-hydrogen) atoms. The van der Waals surface area contributed by atoms with Crippen molar-refractivity contribution in [3.63, 3.8) is 0 Å². The molecule has 0 aliphatic heterocycles. The maximum atomic E-state index is 13.2. The first-order valence-electron chi connectivity index (χ1n) is 10.4. The molecular formula is C23H23ClN6O2S. The number of nitriles is 1. The Morgan fingerprint density at radius 3 is 2.61 bits per heavy atom. The molecule has 0 unspecified atom stereocenters. The number of rotatable bonds is 8. The van der Waals surface area contributed by atoms with Crippen LogP contribution in [0.25, 0.3) is 0 Å². The van der Waals surface area contributed by atoms with E-state index < -0.39 is 0 Å². The Labute approximate surface area is 200 Å². The van der Waals surface area contributed by atoms with Gasteiger partial charge in [-0.3, -0.25) is 4.79 Å². The number of nitrogens with two attached hydrogens (primary N) is 2. The highest BCUT2D eigenvalue weighted by atomic mass is 35.5. The van der Waals surface area contributed by atoms with Crippen LogP contribution in [0, 0.1) is 11.3 Å². The Bertz CT molecular complexity index is 1170. The molecule has 1 heterocycles. The lowest BCUT2D eigenvalue weighted by Crippen LogP contribution is -2.34. The smallest absolute Gasteiger partial charge is 0.312 e. The van der Waals surface area contributed by atoms with E-state index in [9.17, 15) is 4.79 Å². The molecule has 4 N–H and O–H groups in total. The third kappa shape index (κ3) is 5.85. The molecule has 1 fully saturated rings. The normalized spacial score (nSPS) is 17.2. The molecule has 0 bridgehead atoms. The minimum atomic E-state index is -0.117. The van der Waals surface area contributed by atoms with Crippen molar-refractivity contribution >= 4 is 35.3 Å². The van der Waals surface area contributed by atoms with Gasteiger partial charge in [0, 0.05) is 17.5 Å². The highest BCUT2D eigenvalue weighted by Gasteiger charge is 2.27. The van der Waals surface area contributed by atoms with Crippen molar-refractivity contribution in [2.75, 3.05) is 11.5 Å². The van der Waals surface area contributed by atoms with E-state index >= 15 is 0 Å². The number of aromatic nitrogens is 2. The Kier molecular flexibility index (Phi) is 7.18. The minimum Gasteiger partial charge on any atom is -0.406 e. The van der Waals surface area contributed by atoms with Crippen molar-refractivity contribution in [3.05, 3.63) is 70.1 Å². The van der Waals surface area contributed by atoms with Crippen molar-refractivity contribution < 1.29 is 9.21 Å². The molecule has 3 aromatic rings. The van der Waals surface area contributed by atoms with Gasteiger partial charge in [0.2, 0.25) is 11.8 Å². The fourth-order valence-electron chi connectivity index (χ4n) is 3.68. The standard InChI is InChI=1S/C23H23ClN6O2S/c24-19-6-5-16(17-7-18(26)8-17)9-20(19)33-13-22(31)30(12-21-28-29-23(27)32-21)11-15-3-1-14(10-25)2-4-15/h1-6,9,17-18H,7-8,11-13,26H2,(H2,27,29). The van der Waals surface area contributed by atoms with E-state index in [1.54, 1.807) is 17.0 Å². The van der Waals surface area contributed by atoms with Gasteiger partial charge in [0.25, 0.3) is 0 Å². The second kappa shape index (κ2) is 10.3. The molecule has 1 aromatic heterocycles. The van der Waals surface area contributed by atoms with Crippen molar-refractivity contribution in [1.82, 2.24) is 15.1 Å². The first-order valence-corrected chi connectivity index (χ1v) is 11.8. The number of amides is 1. The van der Waals surface area contributed by atoms with Gasteiger partial charge in [-0.2, -0.15) is 5.26 Å². The van der Waals surface area contributed by atoms with Gasteiger partial charge >= 0.3 is 6.01 Å². The molecule has 1 aliphatic carbocycles. The van der Waals surface area contributed by atoms with Gasteiger partial charge in [-0.15, -0.1) is 16.9 Å². The predicted molar refractivity (Wildman–Crippen MR) is 126 cm³/mol. The lowest BCUT2D eigenvalue weighted by Gasteiger charge is -2.33. The fourth-order valence-corrected chi connectivity index (χ4v) is 4.85. The number of nitrogens with zero attached hydrogens (tertiary/aromatic N) is 4. The summed E-state index contributed by atoms with van der Waals surface area (Å²) in [6, 6.07) is 15.3. The van der Waals surface area contributed by atoms with Gasteiger partial charge < -0.3 is 20.8 Å². The third-order valence-corrected chi connectivity index (χ3v) is 7.05. The largest absolute Gasteiger partial charge is 0.406 e. The van der Waals surface area contributed by atoms with Gasteiger partial charge in [-0.1, -0.05) is 34.9 Å². The van der Waals surface area contributed by atoms with Crippen LogP contribution in [-0.4, -0.2) is 32.8 Å². The number of halogens is 1. The van der Waals surface area contributed by atoms with E-state index in [1.807, 2.05) is 24.3 Å². The monoisotopic (exact) mass is 482 g/mol. The quantitative estimate of drug-likeness (QED) is 0.464. The van der Waals surface area contributed by atoms with Crippen LogP contribution in [0.5, 0.6) is 0 Å². The molecule has 0 spiro atoms. The maximum absolute atomic E-state index is 13.2. The van der Waals surface area contributed by atoms with E-state index in [1.165, 1.54) is 17.3 Å². The zero-order valence-corrected chi connectivity index (χ0v) is 19.4. The van der Waals surface area contributed by atoms with Gasteiger partial charge in [-0.25, -0.2) is 0 Å². The summed E-state index contributed by atoms with van der Waals surface area (Å²) in [5.74, 6) is 0.769. The van der Waals surface area contributed by atoms with Gasteiger partial charge in [0.05, 0.1) is 29.0 Å². The lowest BCUT2D eigenvalue weighted by atomic mass is 9.76. The average molecular weight is 483 g/mol. The highest BCUT2D eigenvalue weighted by Crippen LogP contribution is 2.39. The number of hydrogen-bond acceptors (Lipinski definition) is 8. The summed E-state index contributed by atoms with van der Waals surface area (Å²) in [5.41, 5.74) is 14.1. The molecule has 8 nitrogen and oxygen atoms in total. The van der Waals surface area contributed by atoms with Gasteiger partial charge in [-0.05, 0) is 54.2 Å². The van der Waals surface area contributed by atoms with Gasteiger partial charge in [0.1, 0.15) is 0 Å². The number of anilines is 1. The van der Waals surface area contributed by atoms with Crippen molar-refractivity contribution in [2.24, 2.45) is 5.73 Å². The molecule has 10 heteroatoms. The molecule has 0 radical (unpaired) electrons. The van der Waals surface area contributed by atoms with E-state index in [2.05, 4.69) is 22.3 Å². The fraction of sp³-hybridized carbons (Fsp3) is 0.304. The summed E-state index contributed by atoms with van der Waals surface area (Å²) in [6.45, 7) is 0.443. The first kappa shape index (κ1) is 23.1. The Balaban J connectivity index is 1.46. The predicted octanol–water partition coefficient (Wildman–Crippen LogP) is 3.70. The van der Waals surface area contributed by atoms with Crippen molar-refractivity contribution in [3.8, 4) is 6.07 Å². The number of carbonyl (C=O) groups excluding carboxylic acids is 1. The van der Waals surface area contributed by atoms with Gasteiger partial charge in [0.15, 0.2) is 0 Å². The number of carbonyl (C=O) groups is 1. The Hall–Kier alpha value is -3.06. The van der Waals surface area contributed by atoms with Crippen LogP contribution in [-0.2, 0) is 17.9 Å². The summed E-state index contributed by atoms with van der Waals surface area (Å²) >= 11 is 7.79. The molecular weight excluding hydrogens is 460 g/mol. The van der Waals surface area contributed by atoms with Crippen LogP contribution in [0.1, 0.15) is 41.3 Å². The number of thioether (sulfide) groups is 1. The van der Waals surface area contributed by atoms with Crippen LogP contribution in [0.4, 0.5) is 6.01 Å². The Morgan fingerprint density at radius 2 is 1.97 bits per heavy atom. The molecule has 4 rings (SSSR count). The van der Waals surface area contributed by atoms with Crippen molar-refractivity contribution in [2.45, 2.75) is 42.8 Å². The first-order chi connectivity index (χ1) is 15.9. The second-order valence-electron chi connectivity index (χ2n) is 8.00. The van der Waals surface area contributed by atoms with E-state index in [-0.39, 0.29) is 36.2 Å². The maximum Gasteiger partial charge on any atom is 0.312 e. The molecule has 1 aliphatic rings. The number of hydrogen-bond donors (Lipinski definition) is 2. The van der Waals surface area contributed by atoms with Crippen LogP contribution in [0.2, 0.25) is 5.02 Å². The molecule has 1 saturated carbocycles. The van der Waals surface area contributed by atoms with Crippen LogP contribution in [0.3, 0.4) is 0 Å². The lowest BCUT2D eigenvalue weighted by molar-refractivity contribution is -0.129. The zero-order valence-electron chi connectivity index (χ0n) is 17.8. The SMILES string of the molecule is N#Cc1ccc(CN(Cc2nnc(N)o2)C(=O)CSc2cc(C3CC(N)C3)ccc2Cl)cc1. The molecule has 0 atom stereocenters.